The maximum atomic E-state index is 9.38. The minimum absolute atomic E-state index is 0.257. The van der Waals surface area contributed by atoms with Gasteiger partial charge in [-0.15, -0.1) is 0 Å². The second-order valence-corrected chi connectivity index (χ2v) is 5.17. The van der Waals surface area contributed by atoms with Gasteiger partial charge in [-0.25, -0.2) is 0 Å². The van der Waals surface area contributed by atoms with Crippen molar-refractivity contribution in [1.29, 1.82) is 0 Å². The average molecular weight is 306 g/mol. The third-order valence-corrected chi connectivity index (χ3v) is 3.61. The maximum Gasteiger partial charge on any atom is 0.123 e. The van der Waals surface area contributed by atoms with Crippen LogP contribution in [0.5, 0.6) is 11.5 Å². The first-order chi connectivity index (χ1) is 11.3. The fourth-order valence-corrected chi connectivity index (χ4v) is 2.39. The maximum absolute atomic E-state index is 9.38. The molecule has 0 radical (unpaired) electrons. The number of para-hydroxylation sites is 1. The Morgan fingerprint density at radius 3 is 2.57 bits per heavy atom. The summed E-state index contributed by atoms with van der Waals surface area (Å²) in [5.41, 5.74) is 4.03. The Morgan fingerprint density at radius 2 is 1.78 bits per heavy atom. The minimum atomic E-state index is 0.257. The predicted octanol–water partition coefficient (Wildman–Crippen LogP) is 4.07. The lowest BCUT2D eigenvalue weighted by molar-refractivity contribution is 0.410. The molecule has 0 atom stereocenters. The molecule has 23 heavy (non-hydrogen) atoms. The summed E-state index contributed by atoms with van der Waals surface area (Å²) in [5, 5.41) is 12.7. The van der Waals surface area contributed by atoms with Crippen molar-refractivity contribution in [2.24, 2.45) is 0 Å². The quantitative estimate of drug-likeness (QED) is 0.746. The lowest BCUT2D eigenvalue weighted by atomic mass is 10.1. The molecule has 0 aliphatic rings. The molecule has 4 heteroatoms. The first kappa shape index (κ1) is 14.9. The van der Waals surface area contributed by atoms with Crippen molar-refractivity contribution in [1.82, 2.24) is 4.98 Å². The van der Waals surface area contributed by atoms with Crippen molar-refractivity contribution in [3.05, 3.63) is 72.6 Å². The monoisotopic (exact) mass is 306 g/mol. The lowest BCUT2D eigenvalue weighted by Gasteiger charge is -2.11. The van der Waals surface area contributed by atoms with Crippen molar-refractivity contribution in [2.75, 3.05) is 12.4 Å². The van der Waals surface area contributed by atoms with Gasteiger partial charge in [0.2, 0.25) is 0 Å². The summed E-state index contributed by atoms with van der Waals surface area (Å²) >= 11 is 0. The summed E-state index contributed by atoms with van der Waals surface area (Å²) < 4.78 is 5.36. The van der Waals surface area contributed by atoms with Crippen LogP contribution >= 0.6 is 0 Å². The van der Waals surface area contributed by atoms with E-state index < -0.39 is 0 Å². The molecule has 0 aliphatic heterocycles. The zero-order chi connectivity index (χ0) is 16.1. The van der Waals surface area contributed by atoms with Crippen LogP contribution in [0.25, 0.3) is 11.1 Å². The summed E-state index contributed by atoms with van der Waals surface area (Å²) in [7, 11) is 1.67. The molecular formula is C19H18N2O2. The Balaban J connectivity index is 1.76. The summed E-state index contributed by atoms with van der Waals surface area (Å²) in [4.78, 5) is 4.28. The molecule has 2 N–H and O–H groups in total. The lowest BCUT2D eigenvalue weighted by Crippen LogP contribution is -2.02. The number of phenols is 1. The molecule has 2 aromatic carbocycles. The van der Waals surface area contributed by atoms with Crippen LogP contribution in [-0.2, 0) is 6.54 Å². The first-order valence-corrected chi connectivity index (χ1v) is 7.36. The summed E-state index contributed by atoms with van der Waals surface area (Å²) in [6, 6.07) is 17.0. The molecule has 3 rings (SSSR count). The second-order valence-electron chi connectivity index (χ2n) is 5.17. The molecule has 3 aromatic rings. The number of anilines is 1. The summed E-state index contributed by atoms with van der Waals surface area (Å²) in [6.45, 7) is 0.657. The predicted molar refractivity (Wildman–Crippen MR) is 91.7 cm³/mol. The van der Waals surface area contributed by atoms with Crippen molar-refractivity contribution in [3.8, 4) is 22.6 Å². The van der Waals surface area contributed by atoms with Crippen molar-refractivity contribution in [3.63, 3.8) is 0 Å². The number of hydrogen-bond acceptors (Lipinski definition) is 4. The summed E-state index contributed by atoms with van der Waals surface area (Å²) in [5.74, 6) is 1.12. The van der Waals surface area contributed by atoms with Gasteiger partial charge in [-0.05, 0) is 29.8 Å². The van der Waals surface area contributed by atoms with Crippen molar-refractivity contribution >= 4 is 5.69 Å². The molecule has 1 aromatic heterocycles. The van der Waals surface area contributed by atoms with Crippen LogP contribution in [0, 0.1) is 0 Å². The third-order valence-electron chi connectivity index (χ3n) is 3.61. The van der Waals surface area contributed by atoms with Crippen LogP contribution < -0.4 is 10.1 Å². The van der Waals surface area contributed by atoms with Gasteiger partial charge in [0.1, 0.15) is 11.5 Å². The Bertz CT molecular complexity index is 785. The normalized spacial score (nSPS) is 10.3. The topological polar surface area (TPSA) is 54.4 Å². The van der Waals surface area contributed by atoms with Gasteiger partial charge in [-0.2, -0.15) is 0 Å². The highest BCUT2D eigenvalue weighted by molar-refractivity contribution is 5.67. The highest BCUT2D eigenvalue weighted by Gasteiger charge is 2.03. The van der Waals surface area contributed by atoms with E-state index in [2.05, 4.69) is 10.3 Å². The van der Waals surface area contributed by atoms with Gasteiger partial charge in [-0.3, -0.25) is 4.98 Å². The van der Waals surface area contributed by atoms with Crippen LogP contribution in [0.3, 0.4) is 0 Å². The largest absolute Gasteiger partial charge is 0.508 e. The number of methoxy groups -OCH3 is 1. The molecule has 0 amide bonds. The van der Waals surface area contributed by atoms with E-state index in [9.17, 15) is 5.11 Å². The third kappa shape index (κ3) is 3.61. The molecule has 0 saturated heterocycles. The number of nitrogens with zero attached hydrogens (tertiary/aromatic N) is 1. The van der Waals surface area contributed by atoms with Gasteiger partial charge in [0.15, 0.2) is 0 Å². The van der Waals surface area contributed by atoms with Gasteiger partial charge >= 0.3 is 0 Å². The fraction of sp³-hybridized carbons (Fsp3) is 0.105. The van der Waals surface area contributed by atoms with Crippen molar-refractivity contribution in [2.45, 2.75) is 6.54 Å². The Labute approximate surface area is 135 Å². The van der Waals surface area contributed by atoms with Crippen molar-refractivity contribution < 1.29 is 9.84 Å². The van der Waals surface area contributed by atoms with E-state index in [0.717, 1.165) is 28.1 Å². The molecule has 116 valence electrons. The number of nitrogens with one attached hydrogen (secondary N) is 1. The number of benzene rings is 2. The van der Waals surface area contributed by atoms with E-state index in [1.165, 1.54) is 0 Å². The number of aromatic hydroxyl groups is 1. The van der Waals surface area contributed by atoms with E-state index in [4.69, 9.17) is 4.74 Å². The highest BCUT2D eigenvalue weighted by Crippen LogP contribution is 2.24. The smallest absolute Gasteiger partial charge is 0.123 e. The Kier molecular flexibility index (Phi) is 4.43. The molecule has 0 fully saturated rings. The van der Waals surface area contributed by atoms with E-state index >= 15 is 0 Å². The molecule has 4 nitrogen and oxygen atoms in total. The number of ether oxygens (including phenoxy) is 1. The van der Waals surface area contributed by atoms with Gasteiger partial charge < -0.3 is 15.2 Å². The minimum Gasteiger partial charge on any atom is -0.508 e. The highest BCUT2D eigenvalue weighted by atomic mass is 16.5. The van der Waals surface area contributed by atoms with E-state index in [1.54, 1.807) is 31.6 Å². The Morgan fingerprint density at radius 1 is 1.00 bits per heavy atom. The standard InChI is InChI=1S/C19H18N2O2/c1-23-19-5-3-2-4-15(19)12-21-17-10-16(11-20-13-17)14-6-8-18(22)9-7-14/h2-11,13,21-22H,12H2,1H3. The van der Waals surface area contributed by atoms with E-state index in [1.807, 2.05) is 42.5 Å². The van der Waals surface area contributed by atoms with Gasteiger partial charge in [0.25, 0.3) is 0 Å². The molecule has 1 heterocycles. The molecule has 0 bridgehead atoms. The van der Waals surface area contributed by atoms with Crippen LogP contribution in [0.2, 0.25) is 0 Å². The zero-order valence-corrected chi connectivity index (χ0v) is 12.9. The number of phenolic OH excluding ortho intramolecular Hbond substituents is 1. The SMILES string of the molecule is COc1ccccc1CNc1cncc(-c2ccc(O)cc2)c1. The van der Waals surface area contributed by atoms with Crippen LogP contribution in [0.15, 0.2) is 67.0 Å². The number of rotatable bonds is 5. The van der Waals surface area contributed by atoms with Crippen LogP contribution in [0.1, 0.15) is 5.56 Å². The second kappa shape index (κ2) is 6.83. The van der Waals surface area contributed by atoms with Gasteiger partial charge in [-0.1, -0.05) is 30.3 Å². The van der Waals surface area contributed by atoms with Crippen LogP contribution in [0.4, 0.5) is 5.69 Å². The van der Waals surface area contributed by atoms with Crippen LogP contribution in [-0.4, -0.2) is 17.2 Å². The van der Waals surface area contributed by atoms with E-state index in [-0.39, 0.29) is 5.75 Å². The molecular weight excluding hydrogens is 288 g/mol. The fourth-order valence-electron chi connectivity index (χ4n) is 2.39. The Hall–Kier alpha value is -3.01. The number of pyridine rings is 1. The zero-order valence-electron chi connectivity index (χ0n) is 12.9. The number of hydrogen-bond donors (Lipinski definition) is 2. The van der Waals surface area contributed by atoms with Gasteiger partial charge in [0, 0.05) is 30.1 Å². The first-order valence-electron chi connectivity index (χ1n) is 7.36. The molecule has 0 spiro atoms. The van der Waals surface area contributed by atoms with E-state index in [0.29, 0.717) is 6.54 Å². The number of aromatic nitrogens is 1. The molecule has 0 saturated carbocycles. The molecule has 0 aliphatic carbocycles. The van der Waals surface area contributed by atoms with Gasteiger partial charge in [0.05, 0.1) is 12.8 Å². The average Bonchev–Trinajstić information content (AvgIpc) is 2.61. The summed E-state index contributed by atoms with van der Waals surface area (Å²) in [6.07, 6.45) is 3.60. The molecule has 0 unspecified atom stereocenters.